The third kappa shape index (κ3) is 6.54. The van der Waals surface area contributed by atoms with E-state index in [9.17, 15) is 8.42 Å². The lowest BCUT2D eigenvalue weighted by molar-refractivity contribution is 0.0200. The number of hydrogen-bond donors (Lipinski definition) is 2. The molecule has 1 unspecified atom stereocenters. The van der Waals surface area contributed by atoms with Gasteiger partial charge in [0.1, 0.15) is 12.2 Å². The zero-order valence-corrected chi connectivity index (χ0v) is 16.5. The molecule has 1 aliphatic heterocycles. The summed E-state index contributed by atoms with van der Waals surface area (Å²) in [6.45, 7) is 1.82. The molecule has 10 nitrogen and oxygen atoms in total. The largest absolute Gasteiger partial charge is 0.377 e. The molecule has 1 aliphatic rings. The SMILES string of the molecule is CN=C(NCCS(=O)(=O)NCC1CCCCO1)N(C)Cc1ncnn1C. The molecule has 1 aromatic heterocycles. The number of ether oxygens (including phenoxy) is 1. The molecule has 26 heavy (non-hydrogen) atoms. The van der Waals surface area contributed by atoms with Gasteiger partial charge in [-0.2, -0.15) is 5.10 Å². The predicted octanol–water partition coefficient (Wildman–Crippen LogP) is -0.689. The van der Waals surface area contributed by atoms with E-state index in [1.165, 1.54) is 6.33 Å². The Morgan fingerprint density at radius 1 is 1.50 bits per heavy atom. The number of aromatic nitrogens is 3. The Labute approximate surface area is 155 Å². The summed E-state index contributed by atoms with van der Waals surface area (Å²) in [5, 5.41) is 7.09. The van der Waals surface area contributed by atoms with Gasteiger partial charge in [0.15, 0.2) is 5.96 Å². The van der Waals surface area contributed by atoms with E-state index < -0.39 is 10.0 Å². The van der Waals surface area contributed by atoms with E-state index >= 15 is 0 Å². The third-order valence-corrected chi connectivity index (χ3v) is 5.56. The van der Waals surface area contributed by atoms with Gasteiger partial charge in [0, 0.05) is 40.8 Å². The Morgan fingerprint density at radius 3 is 2.92 bits per heavy atom. The van der Waals surface area contributed by atoms with Gasteiger partial charge in [-0.25, -0.2) is 18.1 Å². The van der Waals surface area contributed by atoms with E-state index in [-0.39, 0.29) is 18.4 Å². The first-order valence-corrected chi connectivity index (χ1v) is 10.4. The van der Waals surface area contributed by atoms with Crippen LogP contribution in [0, 0.1) is 0 Å². The lowest BCUT2D eigenvalue weighted by atomic mass is 10.1. The summed E-state index contributed by atoms with van der Waals surface area (Å²) in [6, 6.07) is 0. The summed E-state index contributed by atoms with van der Waals surface area (Å²) in [5.41, 5.74) is 0. The molecule has 0 amide bonds. The van der Waals surface area contributed by atoms with Gasteiger partial charge in [0.25, 0.3) is 0 Å². The predicted molar refractivity (Wildman–Crippen MR) is 99.2 cm³/mol. The van der Waals surface area contributed by atoms with Crippen LogP contribution in [-0.4, -0.2) is 79.7 Å². The van der Waals surface area contributed by atoms with Crippen LogP contribution >= 0.6 is 0 Å². The van der Waals surface area contributed by atoms with Crippen LogP contribution in [-0.2, 0) is 28.4 Å². The molecule has 2 heterocycles. The number of nitrogens with zero attached hydrogens (tertiary/aromatic N) is 5. The second-order valence-corrected chi connectivity index (χ2v) is 8.21. The van der Waals surface area contributed by atoms with Crippen molar-refractivity contribution in [2.24, 2.45) is 12.0 Å². The molecule has 1 fully saturated rings. The molecule has 1 saturated heterocycles. The number of rotatable bonds is 8. The Kier molecular flexibility index (Phi) is 7.79. The molecular weight excluding hydrogens is 358 g/mol. The molecule has 1 atom stereocenters. The number of aliphatic imine (C=N–C) groups is 1. The van der Waals surface area contributed by atoms with Gasteiger partial charge in [-0.05, 0) is 19.3 Å². The van der Waals surface area contributed by atoms with E-state index in [2.05, 4.69) is 25.1 Å². The van der Waals surface area contributed by atoms with Crippen molar-refractivity contribution in [2.45, 2.75) is 31.9 Å². The number of sulfonamides is 1. The molecule has 0 saturated carbocycles. The minimum Gasteiger partial charge on any atom is -0.377 e. The Balaban J connectivity index is 1.74. The zero-order valence-electron chi connectivity index (χ0n) is 15.7. The van der Waals surface area contributed by atoms with Crippen molar-refractivity contribution in [3.8, 4) is 0 Å². The fourth-order valence-electron chi connectivity index (χ4n) is 2.69. The third-order valence-electron chi connectivity index (χ3n) is 4.22. The maximum absolute atomic E-state index is 12.1. The fourth-order valence-corrected chi connectivity index (χ4v) is 3.65. The topological polar surface area (TPSA) is 114 Å². The summed E-state index contributed by atoms with van der Waals surface area (Å²) >= 11 is 0. The highest BCUT2D eigenvalue weighted by atomic mass is 32.2. The molecule has 0 aromatic carbocycles. The van der Waals surface area contributed by atoms with Crippen molar-refractivity contribution in [1.29, 1.82) is 0 Å². The van der Waals surface area contributed by atoms with Crippen LogP contribution < -0.4 is 10.0 Å². The minimum atomic E-state index is -3.36. The average molecular weight is 388 g/mol. The normalized spacial score (nSPS) is 18.7. The van der Waals surface area contributed by atoms with Crippen molar-refractivity contribution in [3.05, 3.63) is 12.2 Å². The van der Waals surface area contributed by atoms with Crippen LogP contribution in [0.4, 0.5) is 0 Å². The van der Waals surface area contributed by atoms with Gasteiger partial charge < -0.3 is 15.0 Å². The summed E-state index contributed by atoms with van der Waals surface area (Å²) in [4.78, 5) is 10.2. The van der Waals surface area contributed by atoms with Gasteiger partial charge >= 0.3 is 0 Å². The van der Waals surface area contributed by atoms with Crippen LogP contribution in [0.2, 0.25) is 0 Å². The Morgan fingerprint density at radius 2 is 2.31 bits per heavy atom. The summed E-state index contributed by atoms with van der Waals surface area (Å²) in [7, 11) is 1.97. The second kappa shape index (κ2) is 9.83. The van der Waals surface area contributed by atoms with E-state index in [0.717, 1.165) is 25.1 Å². The zero-order chi connectivity index (χ0) is 19.0. The van der Waals surface area contributed by atoms with Crippen molar-refractivity contribution in [1.82, 2.24) is 29.7 Å². The first-order valence-electron chi connectivity index (χ1n) is 8.75. The van der Waals surface area contributed by atoms with Gasteiger partial charge in [-0.3, -0.25) is 9.67 Å². The molecular formula is C15H29N7O3S. The smallest absolute Gasteiger partial charge is 0.213 e. The molecule has 2 rings (SSSR count). The van der Waals surface area contributed by atoms with Gasteiger partial charge in [-0.1, -0.05) is 0 Å². The first kappa shape index (κ1) is 20.6. The number of nitrogens with one attached hydrogen (secondary N) is 2. The Hall–Kier alpha value is -1.72. The molecule has 0 radical (unpaired) electrons. The number of guanidine groups is 1. The fraction of sp³-hybridized carbons (Fsp3) is 0.800. The summed E-state index contributed by atoms with van der Waals surface area (Å²) < 4.78 is 34.1. The molecule has 2 N–H and O–H groups in total. The van der Waals surface area contributed by atoms with Crippen LogP contribution in [0.5, 0.6) is 0 Å². The Bertz CT molecular complexity index is 683. The highest BCUT2D eigenvalue weighted by Crippen LogP contribution is 2.11. The average Bonchev–Trinajstić information content (AvgIpc) is 3.02. The molecule has 0 spiro atoms. The van der Waals surface area contributed by atoms with E-state index in [0.29, 0.717) is 25.7 Å². The number of aryl methyl sites for hydroxylation is 1. The first-order chi connectivity index (χ1) is 12.4. The van der Waals surface area contributed by atoms with Gasteiger partial charge in [-0.15, -0.1) is 0 Å². The lowest BCUT2D eigenvalue weighted by Gasteiger charge is -2.23. The second-order valence-electron chi connectivity index (χ2n) is 6.29. The van der Waals surface area contributed by atoms with E-state index in [4.69, 9.17) is 4.74 Å². The van der Waals surface area contributed by atoms with Crippen LogP contribution in [0.1, 0.15) is 25.1 Å². The standard InChI is InChI=1S/C15H29N7O3S/c1-16-15(21(2)11-14-18-12-19-22(14)3)17-7-9-26(23,24)20-10-13-6-4-5-8-25-13/h12-13,20H,4-11H2,1-3H3,(H,16,17). The number of hydrogen-bond acceptors (Lipinski definition) is 6. The van der Waals surface area contributed by atoms with Gasteiger partial charge in [0.2, 0.25) is 10.0 Å². The van der Waals surface area contributed by atoms with Crippen LogP contribution in [0.25, 0.3) is 0 Å². The maximum Gasteiger partial charge on any atom is 0.213 e. The van der Waals surface area contributed by atoms with E-state index in [1.54, 1.807) is 11.7 Å². The molecule has 0 aliphatic carbocycles. The lowest BCUT2D eigenvalue weighted by Crippen LogP contribution is -2.43. The molecule has 0 bridgehead atoms. The highest BCUT2D eigenvalue weighted by Gasteiger charge is 2.18. The van der Waals surface area contributed by atoms with Crippen LogP contribution in [0.3, 0.4) is 0 Å². The highest BCUT2D eigenvalue weighted by molar-refractivity contribution is 7.89. The van der Waals surface area contributed by atoms with Gasteiger partial charge in [0.05, 0.1) is 18.4 Å². The van der Waals surface area contributed by atoms with Crippen molar-refractivity contribution in [2.75, 3.05) is 39.5 Å². The minimum absolute atomic E-state index is 0.0169. The van der Waals surface area contributed by atoms with Crippen LogP contribution in [0.15, 0.2) is 11.3 Å². The molecule has 1 aromatic rings. The van der Waals surface area contributed by atoms with E-state index in [1.807, 2.05) is 19.0 Å². The summed E-state index contributed by atoms with van der Waals surface area (Å²) in [5.74, 6) is 1.35. The monoisotopic (exact) mass is 387 g/mol. The van der Waals surface area contributed by atoms with Crippen molar-refractivity contribution >= 4 is 16.0 Å². The molecule has 148 valence electrons. The van der Waals surface area contributed by atoms with Crippen molar-refractivity contribution in [3.63, 3.8) is 0 Å². The quantitative estimate of drug-likeness (QED) is 0.448. The van der Waals surface area contributed by atoms with Crippen molar-refractivity contribution < 1.29 is 13.2 Å². The molecule has 11 heteroatoms. The summed E-state index contributed by atoms with van der Waals surface area (Å²) in [6.07, 6.45) is 4.52. The maximum atomic E-state index is 12.1.